The van der Waals surface area contributed by atoms with Crippen molar-refractivity contribution in [1.82, 2.24) is 31.0 Å². The highest BCUT2D eigenvalue weighted by molar-refractivity contribution is 7.90. The van der Waals surface area contributed by atoms with Gasteiger partial charge in [0.25, 0.3) is 10.0 Å². The molecule has 1 heterocycles. The van der Waals surface area contributed by atoms with E-state index in [4.69, 9.17) is 33.7 Å². The molecule has 16 nitrogen and oxygen atoms in total. The van der Waals surface area contributed by atoms with Gasteiger partial charge in [0, 0.05) is 31.1 Å². The summed E-state index contributed by atoms with van der Waals surface area (Å²) in [6, 6.07) is 8.53. The highest BCUT2D eigenvalue weighted by Gasteiger charge is 2.31. The van der Waals surface area contributed by atoms with Gasteiger partial charge in [-0.2, -0.15) is 0 Å². The number of sulfonamides is 1. The number of benzene rings is 3. The molecule has 0 saturated heterocycles. The monoisotopic (exact) mass is 930 g/mol. The second-order valence-corrected chi connectivity index (χ2v) is 18.3. The van der Waals surface area contributed by atoms with Gasteiger partial charge in [0.1, 0.15) is 23.6 Å². The maximum Gasteiger partial charge on any atom is 0.315 e. The molecule has 0 saturated carbocycles. The summed E-state index contributed by atoms with van der Waals surface area (Å²) < 4.78 is 34.4. The summed E-state index contributed by atoms with van der Waals surface area (Å²) in [5.41, 5.74) is 8.90. The van der Waals surface area contributed by atoms with E-state index in [2.05, 4.69) is 36.0 Å². The molecule has 4 rings (SSSR count). The fraction of sp³-hybridized carbons (Fsp3) is 0.381. The first-order chi connectivity index (χ1) is 29.3. The minimum Gasteiger partial charge on any atom is -0.508 e. The molecule has 0 spiro atoms. The fourth-order valence-corrected chi connectivity index (χ4v) is 8.92. The van der Waals surface area contributed by atoms with Crippen LogP contribution in [0.1, 0.15) is 70.7 Å². The van der Waals surface area contributed by atoms with Crippen LogP contribution in [0.2, 0.25) is 10.0 Å². The molecule has 0 radical (unpaired) electrons. The Balaban J connectivity index is 1.50. The van der Waals surface area contributed by atoms with Crippen molar-refractivity contribution in [1.29, 1.82) is 0 Å². The minimum atomic E-state index is -4.13. The zero-order chi connectivity index (χ0) is 45.7. The summed E-state index contributed by atoms with van der Waals surface area (Å²) in [5, 5.41) is 23.3. The number of halogens is 2. The molecule has 3 atom stereocenters. The lowest BCUT2D eigenvalue weighted by molar-refractivity contribution is -0.130. The maximum absolute atomic E-state index is 14.2. The molecule has 0 aliphatic rings. The Hall–Kier alpha value is -5.43. The Morgan fingerprint density at radius 2 is 1.56 bits per heavy atom. The Bertz CT molecular complexity index is 2360. The number of ketones is 1. The van der Waals surface area contributed by atoms with Gasteiger partial charge < -0.3 is 36.8 Å². The van der Waals surface area contributed by atoms with Gasteiger partial charge in [0.15, 0.2) is 5.01 Å². The number of urea groups is 1. The number of carbonyl (C=O) groups excluding carboxylic acids is 4. The Labute approximate surface area is 375 Å². The normalized spacial score (nSPS) is 13.1. The van der Waals surface area contributed by atoms with E-state index >= 15 is 0 Å². The maximum atomic E-state index is 14.2. The number of thiazole rings is 1. The van der Waals surface area contributed by atoms with Crippen molar-refractivity contribution in [3.8, 4) is 11.5 Å². The number of hydrogen-bond donors (Lipinski definition) is 7. The van der Waals surface area contributed by atoms with Crippen LogP contribution in [-0.2, 0) is 32.6 Å². The van der Waals surface area contributed by atoms with Gasteiger partial charge in [0.2, 0.25) is 23.6 Å². The number of hydrogen-bond acceptors (Lipinski definition) is 11. The standard InChI is InChI=1S/C42H52Cl2N8O8S2/c1-23(2)18-33(51-42(57)48-22-28-11-14-30(43)31(44)20-28)38(55)50-34(21-27-9-12-29(53)13-10-27)39(56)49-32(36(54)40-46-16-17-61-40)8-7-15-47-41(45)52-62(58,59)37-24(3)19-35(60-6)25(4)26(37)5/h9-14,16-17,19-20,23,32-34,53H,7-8,15,18,21-22H2,1-6H3,(H,49,56)(H,50,55)(H3,45,47,52)(H2,48,51,57)/t32-,33-,34-/m0/s1. The number of amides is 4. The average molecular weight is 932 g/mol. The number of nitrogens with two attached hydrogens (primary N) is 1. The number of Topliss-reactive ketones (excluding diaryl/α,β-unsaturated/α-hetero) is 1. The molecule has 20 heteroatoms. The molecule has 0 aliphatic carbocycles. The Morgan fingerprint density at radius 3 is 2.19 bits per heavy atom. The highest BCUT2D eigenvalue weighted by atomic mass is 35.5. The predicted molar refractivity (Wildman–Crippen MR) is 240 cm³/mol. The van der Waals surface area contributed by atoms with E-state index in [-0.39, 0.29) is 66.3 Å². The third-order valence-electron chi connectivity index (χ3n) is 9.69. The van der Waals surface area contributed by atoms with E-state index in [1.54, 1.807) is 62.5 Å². The van der Waals surface area contributed by atoms with Crippen LogP contribution in [0.5, 0.6) is 11.5 Å². The SMILES string of the molecule is COc1cc(C)c(S(=O)(=O)NC(N)=NCCC[C@H](NC(=O)[C@H](Cc2ccc(O)cc2)NC(=O)[C@H](CC(C)C)NC(=O)NCc2ccc(Cl)c(Cl)c2)C(=O)c2nccs2)c(C)c1C. The number of carbonyl (C=O) groups is 4. The first-order valence-corrected chi connectivity index (χ1v) is 22.7. The lowest BCUT2D eigenvalue weighted by Crippen LogP contribution is -2.57. The first kappa shape index (κ1) is 49.2. The van der Waals surface area contributed by atoms with Gasteiger partial charge >= 0.3 is 6.03 Å². The van der Waals surface area contributed by atoms with Crippen LogP contribution in [0.25, 0.3) is 0 Å². The van der Waals surface area contributed by atoms with E-state index in [1.165, 1.54) is 25.4 Å². The lowest BCUT2D eigenvalue weighted by atomic mass is 10.00. The third-order valence-corrected chi connectivity index (χ3v) is 12.9. The van der Waals surface area contributed by atoms with E-state index in [9.17, 15) is 32.7 Å². The second-order valence-electron chi connectivity index (χ2n) is 14.9. The topological polar surface area (TPSA) is 243 Å². The van der Waals surface area contributed by atoms with Crippen molar-refractivity contribution in [2.24, 2.45) is 16.6 Å². The number of phenolic OH excluding ortho intramolecular Hbond substituents is 1. The van der Waals surface area contributed by atoms with Gasteiger partial charge in [-0.15, -0.1) is 11.3 Å². The van der Waals surface area contributed by atoms with Crippen LogP contribution in [0.4, 0.5) is 4.79 Å². The van der Waals surface area contributed by atoms with Crippen LogP contribution < -0.4 is 36.5 Å². The van der Waals surface area contributed by atoms with Crippen LogP contribution in [0.3, 0.4) is 0 Å². The molecule has 0 bridgehead atoms. The average Bonchev–Trinajstić information content (AvgIpc) is 3.76. The van der Waals surface area contributed by atoms with Gasteiger partial charge in [-0.25, -0.2) is 22.9 Å². The Kier molecular flexibility index (Phi) is 17.9. The Morgan fingerprint density at radius 1 is 0.903 bits per heavy atom. The number of aromatic hydroxyl groups is 1. The summed E-state index contributed by atoms with van der Waals surface area (Å²) in [7, 11) is -2.63. The van der Waals surface area contributed by atoms with Crippen molar-refractivity contribution in [3.05, 3.63) is 103 Å². The van der Waals surface area contributed by atoms with Crippen molar-refractivity contribution in [3.63, 3.8) is 0 Å². The number of aromatic nitrogens is 1. The lowest BCUT2D eigenvalue weighted by Gasteiger charge is -2.26. The van der Waals surface area contributed by atoms with Gasteiger partial charge in [-0.05, 0) is 104 Å². The third kappa shape index (κ3) is 14.1. The number of methoxy groups -OCH3 is 1. The zero-order valence-corrected chi connectivity index (χ0v) is 38.3. The summed E-state index contributed by atoms with van der Waals surface area (Å²) in [6.07, 6.45) is 1.86. The fourth-order valence-electron chi connectivity index (χ4n) is 6.49. The number of aliphatic imine (C=N–C) groups is 1. The van der Waals surface area contributed by atoms with E-state index < -0.39 is 51.8 Å². The summed E-state index contributed by atoms with van der Waals surface area (Å²) in [6.45, 7) is 8.89. The summed E-state index contributed by atoms with van der Waals surface area (Å²) >= 11 is 13.2. The van der Waals surface area contributed by atoms with Crippen LogP contribution >= 0.6 is 34.5 Å². The van der Waals surface area contributed by atoms with Gasteiger partial charge in [0.05, 0.1) is 28.1 Å². The first-order valence-electron chi connectivity index (χ1n) is 19.6. The molecule has 3 aromatic carbocycles. The number of aryl methyl sites for hydroxylation is 1. The van der Waals surface area contributed by atoms with E-state index in [0.717, 1.165) is 11.3 Å². The number of guanidine groups is 1. The number of nitrogens with one attached hydrogen (secondary N) is 5. The molecular formula is C42H52Cl2N8O8S2. The zero-order valence-electron chi connectivity index (χ0n) is 35.2. The summed E-state index contributed by atoms with van der Waals surface area (Å²) in [4.78, 5) is 63.2. The molecule has 0 unspecified atom stereocenters. The largest absolute Gasteiger partial charge is 0.508 e. The quantitative estimate of drug-likeness (QED) is 0.0255. The molecule has 0 fully saturated rings. The van der Waals surface area contributed by atoms with Crippen molar-refractivity contribution >= 4 is 74.2 Å². The van der Waals surface area contributed by atoms with Crippen LogP contribution in [0.15, 0.2) is 70.0 Å². The minimum absolute atomic E-state index is 0.00173. The smallest absolute Gasteiger partial charge is 0.315 e. The predicted octanol–water partition coefficient (Wildman–Crippen LogP) is 5.47. The second kappa shape index (κ2) is 22.6. The molecule has 4 aromatic rings. The molecule has 4 amide bonds. The van der Waals surface area contributed by atoms with Crippen LogP contribution in [-0.4, -0.2) is 79.9 Å². The molecule has 8 N–H and O–H groups in total. The van der Waals surface area contributed by atoms with Crippen LogP contribution in [0, 0.1) is 26.7 Å². The summed E-state index contributed by atoms with van der Waals surface area (Å²) in [5.74, 6) is -1.70. The number of ether oxygens (including phenoxy) is 1. The van der Waals surface area contributed by atoms with Gasteiger partial charge in [-0.1, -0.05) is 55.2 Å². The van der Waals surface area contributed by atoms with Crippen molar-refractivity contribution in [2.45, 2.75) is 89.9 Å². The molecular weight excluding hydrogens is 880 g/mol. The van der Waals surface area contributed by atoms with Gasteiger partial charge in [-0.3, -0.25) is 19.4 Å². The molecule has 0 aliphatic heterocycles. The van der Waals surface area contributed by atoms with Crippen molar-refractivity contribution in [2.75, 3.05) is 13.7 Å². The molecule has 62 heavy (non-hydrogen) atoms. The van der Waals surface area contributed by atoms with E-state index in [1.807, 2.05) is 13.8 Å². The molecule has 334 valence electrons. The molecule has 1 aromatic heterocycles. The van der Waals surface area contributed by atoms with Crippen molar-refractivity contribution < 1.29 is 37.4 Å². The number of nitrogens with zero attached hydrogens (tertiary/aromatic N) is 2. The number of phenols is 1. The van der Waals surface area contributed by atoms with E-state index in [0.29, 0.717) is 43.6 Å². The highest BCUT2D eigenvalue weighted by Crippen LogP contribution is 2.30. The number of rotatable bonds is 20.